The molecule has 0 aromatic heterocycles. The van der Waals surface area contributed by atoms with Gasteiger partial charge >= 0.3 is 5.97 Å². The molecular weight excluding hydrogens is 374 g/mol. The number of ether oxygens (including phenoxy) is 5. The van der Waals surface area contributed by atoms with Crippen molar-refractivity contribution in [2.24, 2.45) is 5.92 Å². The van der Waals surface area contributed by atoms with Crippen molar-refractivity contribution >= 4 is 5.97 Å². The summed E-state index contributed by atoms with van der Waals surface area (Å²) in [5.41, 5.74) is 0.278. The lowest BCUT2D eigenvalue weighted by atomic mass is 9.69. The average molecular weight is 401 g/mol. The summed E-state index contributed by atoms with van der Waals surface area (Å²) < 4.78 is 26.9. The van der Waals surface area contributed by atoms with Crippen LogP contribution in [0.15, 0.2) is 29.5 Å². The molecule has 0 spiro atoms. The minimum Gasteiger partial charge on any atom is -0.493 e. The maximum Gasteiger partial charge on any atom is 0.337 e. The Hall–Kier alpha value is -2.72. The number of benzene rings is 1. The van der Waals surface area contributed by atoms with Crippen LogP contribution in [0, 0.1) is 17.2 Å². The van der Waals surface area contributed by atoms with Crippen LogP contribution in [-0.4, -0.2) is 40.7 Å². The van der Waals surface area contributed by atoms with Crippen LogP contribution in [0.1, 0.15) is 37.7 Å². The number of hydrogen-bond donors (Lipinski definition) is 0. The smallest absolute Gasteiger partial charge is 0.337 e. The van der Waals surface area contributed by atoms with Gasteiger partial charge in [-0.25, -0.2) is 4.79 Å². The maximum atomic E-state index is 12.4. The number of carbonyl (C=O) groups excluding carboxylic acids is 1. The number of carbonyl (C=O) groups is 1. The quantitative estimate of drug-likeness (QED) is 0.462. The Morgan fingerprint density at radius 1 is 1.21 bits per heavy atom. The number of esters is 1. The van der Waals surface area contributed by atoms with Crippen LogP contribution in [0.25, 0.3) is 0 Å². The first-order valence-electron chi connectivity index (χ1n) is 9.71. The minimum absolute atomic E-state index is 0.0388. The van der Waals surface area contributed by atoms with E-state index in [0.29, 0.717) is 48.2 Å². The highest BCUT2D eigenvalue weighted by molar-refractivity contribution is 5.89. The Morgan fingerprint density at radius 3 is 2.62 bits per heavy atom. The largest absolute Gasteiger partial charge is 0.493 e. The SMILES string of the molecule is COCOC1=C(C(=O)OC)CC(C#N)(c2ccc(OC)c(OCC3CC3)c2)CC1. The number of nitrogens with zero attached hydrogens (tertiary/aromatic N) is 1. The third-order valence-corrected chi connectivity index (χ3v) is 5.48. The third kappa shape index (κ3) is 4.65. The van der Waals surface area contributed by atoms with Crippen LogP contribution in [0.2, 0.25) is 0 Å². The van der Waals surface area contributed by atoms with E-state index in [1.807, 2.05) is 18.2 Å². The molecule has 2 aliphatic carbocycles. The zero-order valence-electron chi connectivity index (χ0n) is 17.2. The van der Waals surface area contributed by atoms with E-state index in [4.69, 9.17) is 23.7 Å². The van der Waals surface area contributed by atoms with Gasteiger partial charge in [-0.3, -0.25) is 0 Å². The summed E-state index contributed by atoms with van der Waals surface area (Å²) in [6, 6.07) is 7.98. The summed E-state index contributed by atoms with van der Waals surface area (Å²) in [5, 5.41) is 10.1. The second kappa shape index (κ2) is 9.19. The second-order valence-electron chi connectivity index (χ2n) is 7.43. The molecule has 1 aromatic rings. The topological polar surface area (TPSA) is 87.0 Å². The molecule has 156 valence electrons. The van der Waals surface area contributed by atoms with Gasteiger partial charge in [-0.15, -0.1) is 0 Å². The zero-order valence-corrected chi connectivity index (χ0v) is 17.2. The van der Waals surface area contributed by atoms with E-state index in [2.05, 4.69) is 6.07 Å². The molecule has 7 heteroatoms. The summed E-state index contributed by atoms with van der Waals surface area (Å²) in [4.78, 5) is 12.4. The van der Waals surface area contributed by atoms with Crippen molar-refractivity contribution in [2.45, 2.75) is 37.5 Å². The third-order valence-electron chi connectivity index (χ3n) is 5.48. The van der Waals surface area contributed by atoms with Crippen LogP contribution < -0.4 is 9.47 Å². The molecule has 2 aliphatic rings. The van der Waals surface area contributed by atoms with Gasteiger partial charge in [0.2, 0.25) is 0 Å². The first-order chi connectivity index (χ1) is 14.1. The highest BCUT2D eigenvalue weighted by Gasteiger charge is 2.41. The van der Waals surface area contributed by atoms with E-state index < -0.39 is 11.4 Å². The van der Waals surface area contributed by atoms with Gasteiger partial charge in [0.15, 0.2) is 18.3 Å². The van der Waals surface area contributed by atoms with Gasteiger partial charge in [-0.1, -0.05) is 6.07 Å². The van der Waals surface area contributed by atoms with Gasteiger partial charge in [0, 0.05) is 20.0 Å². The summed E-state index contributed by atoms with van der Waals surface area (Å²) in [7, 11) is 4.43. The number of allylic oxidation sites excluding steroid dienone is 1. The Morgan fingerprint density at radius 2 is 2.00 bits per heavy atom. The first-order valence-corrected chi connectivity index (χ1v) is 9.71. The molecule has 0 heterocycles. The van der Waals surface area contributed by atoms with Gasteiger partial charge in [0.25, 0.3) is 0 Å². The fourth-order valence-electron chi connectivity index (χ4n) is 3.55. The molecule has 0 aliphatic heterocycles. The maximum absolute atomic E-state index is 12.4. The molecule has 1 atom stereocenters. The van der Waals surface area contributed by atoms with E-state index in [1.165, 1.54) is 27.1 Å². The van der Waals surface area contributed by atoms with E-state index in [0.717, 1.165) is 5.56 Å². The van der Waals surface area contributed by atoms with Crippen LogP contribution in [0.4, 0.5) is 0 Å². The minimum atomic E-state index is -0.882. The molecule has 1 fully saturated rings. The van der Waals surface area contributed by atoms with E-state index in [-0.39, 0.29) is 13.2 Å². The van der Waals surface area contributed by atoms with Crippen LogP contribution in [0.5, 0.6) is 11.5 Å². The Bertz CT molecular complexity index is 823. The number of methoxy groups -OCH3 is 3. The van der Waals surface area contributed by atoms with E-state index in [9.17, 15) is 10.1 Å². The van der Waals surface area contributed by atoms with Crippen molar-refractivity contribution in [2.75, 3.05) is 34.7 Å². The monoisotopic (exact) mass is 401 g/mol. The average Bonchev–Trinajstić information content (AvgIpc) is 3.60. The normalized spacial score (nSPS) is 21.3. The Balaban J connectivity index is 1.92. The van der Waals surface area contributed by atoms with Crippen molar-refractivity contribution in [3.05, 3.63) is 35.1 Å². The molecular formula is C22H27NO6. The molecule has 0 amide bonds. The Kier molecular flexibility index (Phi) is 6.65. The van der Waals surface area contributed by atoms with Crippen molar-refractivity contribution < 1.29 is 28.5 Å². The van der Waals surface area contributed by atoms with E-state index >= 15 is 0 Å². The molecule has 0 saturated heterocycles. The van der Waals surface area contributed by atoms with E-state index in [1.54, 1.807) is 7.11 Å². The van der Waals surface area contributed by atoms with Gasteiger partial charge in [-0.2, -0.15) is 5.26 Å². The van der Waals surface area contributed by atoms with Gasteiger partial charge in [0.1, 0.15) is 5.76 Å². The summed E-state index contributed by atoms with van der Waals surface area (Å²) in [5.74, 6) is 1.87. The highest BCUT2D eigenvalue weighted by atomic mass is 16.7. The molecule has 0 N–H and O–H groups in total. The van der Waals surface area contributed by atoms with Gasteiger partial charge in [0.05, 0.1) is 37.9 Å². The van der Waals surface area contributed by atoms with Gasteiger partial charge in [-0.05, 0) is 42.9 Å². The molecule has 1 aromatic carbocycles. The van der Waals surface area contributed by atoms with Gasteiger partial charge < -0.3 is 23.7 Å². The predicted molar refractivity (Wildman–Crippen MR) is 104 cm³/mol. The van der Waals surface area contributed by atoms with Crippen LogP contribution >= 0.6 is 0 Å². The van der Waals surface area contributed by atoms with Crippen molar-refractivity contribution in [3.8, 4) is 17.6 Å². The number of hydrogen-bond acceptors (Lipinski definition) is 7. The molecule has 29 heavy (non-hydrogen) atoms. The summed E-state index contributed by atoms with van der Waals surface area (Å²) in [6.45, 7) is 0.679. The Labute approximate surface area is 171 Å². The standard InChI is InChI=1S/C22H27NO6/c1-25-14-29-18-8-9-22(13-23,11-17(18)21(24)27-3)16-6-7-19(26-2)20(10-16)28-12-15-4-5-15/h6-7,10,15H,4-5,8-9,11-12,14H2,1-3H3. The second-order valence-corrected chi connectivity index (χ2v) is 7.43. The lowest BCUT2D eigenvalue weighted by molar-refractivity contribution is -0.137. The fourth-order valence-corrected chi connectivity index (χ4v) is 3.55. The molecule has 0 radical (unpaired) electrons. The zero-order chi connectivity index (χ0) is 20.9. The van der Waals surface area contributed by atoms with Crippen LogP contribution in [-0.2, 0) is 24.4 Å². The van der Waals surface area contributed by atoms with Crippen molar-refractivity contribution in [3.63, 3.8) is 0 Å². The molecule has 1 saturated carbocycles. The summed E-state index contributed by atoms with van der Waals surface area (Å²) in [6.07, 6.45) is 3.51. The highest BCUT2D eigenvalue weighted by Crippen LogP contribution is 2.45. The van der Waals surface area contributed by atoms with Crippen LogP contribution in [0.3, 0.4) is 0 Å². The fraction of sp³-hybridized carbons (Fsp3) is 0.545. The molecule has 1 unspecified atom stereocenters. The van der Waals surface area contributed by atoms with Crippen molar-refractivity contribution in [1.82, 2.24) is 0 Å². The predicted octanol–water partition coefficient (Wildman–Crippen LogP) is 3.48. The molecule has 3 rings (SSSR count). The number of rotatable bonds is 9. The lowest BCUT2D eigenvalue weighted by Crippen LogP contribution is -2.32. The van der Waals surface area contributed by atoms with Crippen molar-refractivity contribution in [1.29, 1.82) is 5.26 Å². The lowest BCUT2D eigenvalue weighted by Gasteiger charge is -2.33. The number of nitriles is 1. The molecule has 0 bridgehead atoms. The summed E-state index contributed by atoms with van der Waals surface area (Å²) >= 11 is 0. The molecule has 7 nitrogen and oxygen atoms in total. The first kappa shape index (κ1) is 21.0.